The molecule has 1 saturated heterocycles. The summed E-state index contributed by atoms with van der Waals surface area (Å²) in [6.07, 6.45) is 2.58. The SMILES string of the molecule is Cc1ccc(-c2csc(CCN3CCCC3=O)n2)cc1. The van der Waals surface area contributed by atoms with E-state index in [0.29, 0.717) is 12.3 Å². The third kappa shape index (κ3) is 2.90. The van der Waals surface area contributed by atoms with Gasteiger partial charge in [0.2, 0.25) is 5.91 Å². The van der Waals surface area contributed by atoms with Crippen molar-refractivity contribution in [3.8, 4) is 11.3 Å². The Labute approximate surface area is 123 Å². The van der Waals surface area contributed by atoms with E-state index in [1.165, 1.54) is 5.56 Å². The fourth-order valence-electron chi connectivity index (χ4n) is 2.45. The summed E-state index contributed by atoms with van der Waals surface area (Å²) >= 11 is 1.68. The van der Waals surface area contributed by atoms with Crippen LogP contribution in [0.5, 0.6) is 0 Å². The minimum Gasteiger partial charge on any atom is -0.342 e. The molecule has 1 aromatic carbocycles. The molecule has 1 aromatic heterocycles. The zero-order valence-electron chi connectivity index (χ0n) is 11.6. The van der Waals surface area contributed by atoms with Gasteiger partial charge in [0.05, 0.1) is 10.7 Å². The normalized spacial score (nSPS) is 15.1. The second-order valence-electron chi connectivity index (χ2n) is 5.23. The molecule has 2 heterocycles. The van der Waals surface area contributed by atoms with Gasteiger partial charge in [-0.15, -0.1) is 11.3 Å². The van der Waals surface area contributed by atoms with Crippen molar-refractivity contribution in [1.82, 2.24) is 9.88 Å². The molecule has 0 N–H and O–H groups in total. The number of carbonyl (C=O) groups is 1. The lowest BCUT2D eigenvalue weighted by molar-refractivity contribution is -0.127. The lowest BCUT2D eigenvalue weighted by atomic mass is 10.1. The van der Waals surface area contributed by atoms with Crippen molar-refractivity contribution in [3.63, 3.8) is 0 Å². The topological polar surface area (TPSA) is 33.2 Å². The summed E-state index contributed by atoms with van der Waals surface area (Å²) in [5.41, 5.74) is 3.46. The Morgan fingerprint density at radius 3 is 2.80 bits per heavy atom. The minimum atomic E-state index is 0.292. The molecule has 1 fully saturated rings. The number of hydrogen-bond acceptors (Lipinski definition) is 3. The molecule has 2 aromatic rings. The van der Waals surface area contributed by atoms with E-state index >= 15 is 0 Å². The van der Waals surface area contributed by atoms with Gasteiger partial charge in [-0.05, 0) is 13.3 Å². The number of thiazole rings is 1. The van der Waals surface area contributed by atoms with Gasteiger partial charge < -0.3 is 4.90 Å². The Morgan fingerprint density at radius 2 is 2.10 bits per heavy atom. The molecule has 20 heavy (non-hydrogen) atoms. The van der Waals surface area contributed by atoms with Crippen molar-refractivity contribution in [1.29, 1.82) is 0 Å². The highest BCUT2D eigenvalue weighted by Gasteiger charge is 2.19. The van der Waals surface area contributed by atoms with E-state index in [2.05, 4.69) is 41.6 Å². The van der Waals surface area contributed by atoms with Gasteiger partial charge >= 0.3 is 0 Å². The van der Waals surface area contributed by atoms with Crippen LogP contribution in [0.3, 0.4) is 0 Å². The van der Waals surface area contributed by atoms with Gasteiger partial charge in [0.25, 0.3) is 0 Å². The third-order valence-corrected chi connectivity index (χ3v) is 4.57. The second-order valence-corrected chi connectivity index (χ2v) is 6.17. The van der Waals surface area contributed by atoms with Crippen LogP contribution in [-0.4, -0.2) is 28.9 Å². The molecule has 0 aliphatic carbocycles. The number of hydrogen-bond donors (Lipinski definition) is 0. The first-order chi connectivity index (χ1) is 9.72. The highest BCUT2D eigenvalue weighted by atomic mass is 32.1. The van der Waals surface area contributed by atoms with Crippen LogP contribution < -0.4 is 0 Å². The molecule has 1 aliphatic rings. The molecule has 4 heteroatoms. The fourth-order valence-corrected chi connectivity index (χ4v) is 3.25. The summed E-state index contributed by atoms with van der Waals surface area (Å²) in [5.74, 6) is 0.292. The van der Waals surface area contributed by atoms with E-state index in [9.17, 15) is 4.79 Å². The number of benzene rings is 1. The van der Waals surface area contributed by atoms with Crippen molar-refractivity contribution in [2.24, 2.45) is 0 Å². The number of likely N-dealkylation sites (tertiary alicyclic amines) is 1. The van der Waals surface area contributed by atoms with E-state index < -0.39 is 0 Å². The first-order valence-corrected chi connectivity index (χ1v) is 7.89. The monoisotopic (exact) mass is 286 g/mol. The molecule has 1 amide bonds. The smallest absolute Gasteiger partial charge is 0.222 e. The Bertz CT molecular complexity index is 603. The number of aryl methyl sites for hydroxylation is 1. The van der Waals surface area contributed by atoms with E-state index in [1.54, 1.807) is 11.3 Å². The maximum Gasteiger partial charge on any atom is 0.222 e. The fraction of sp³-hybridized carbons (Fsp3) is 0.375. The highest BCUT2D eigenvalue weighted by molar-refractivity contribution is 7.09. The van der Waals surface area contributed by atoms with Crippen LogP contribution in [0.2, 0.25) is 0 Å². The molecule has 0 spiro atoms. The molecular weight excluding hydrogens is 268 g/mol. The van der Waals surface area contributed by atoms with Crippen LogP contribution in [0.4, 0.5) is 0 Å². The largest absolute Gasteiger partial charge is 0.342 e. The van der Waals surface area contributed by atoms with Crippen LogP contribution >= 0.6 is 11.3 Å². The van der Waals surface area contributed by atoms with Gasteiger partial charge in [-0.1, -0.05) is 29.8 Å². The molecule has 0 saturated carbocycles. The predicted molar refractivity (Wildman–Crippen MR) is 81.8 cm³/mol. The maximum atomic E-state index is 11.6. The Kier molecular flexibility index (Phi) is 3.83. The van der Waals surface area contributed by atoms with Gasteiger partial charge in [-0.3, -0.25) is 4.79 Å². The summed E-state index contributed by atoms with van der Waals surface area (Å²) in [4.78, 5) is 18.2. The first kappa shape index (κ1) is 13.3. The number of carbonyl (C=O) groups excluding carboxylic acids is 1. The highest BCUT2D eigenvalue weighted by Crippen LogP contribution is 2.23. The van der Waals surface area contributed by atoms with Gasteiger partial charge in [-0.25, -0.2) is 4.98 Å². The second kappa shape index (κ2) is 5.75. The van der Waals surface area contributed by atoms with E-state index in [1.807, 2.05) is 4.90 Å². The third-order valence-electron chi connectivity index (χ3n) is 3.67. The summed E-state index contributed by atoms with van der Waals surface area (Å²) in [6, 6.07) is 8.44. The average Bonchev–Trinajstić information content (AvgIpc) is 3.06. The van der Waals surface area contributed by atoms with E-state index in [-0.39, 0.29) is 0 Å². The van der Waals surface area contributed by atoms with Crippen molar-refractivity contribution >= 4 is 17.2 Å². The number of nitrogens with zero attached hydrogens (tertiary/aromatic N) is 2. The number of rotatable bonds is 4. The molecule has 104 valence electrons. The average molecular weight is 286 g/mol. The van der Waals surface area contributed by atoms with Crippen LogP contribution in [0.25, 0.3) is 11.3 Å². The molecule has 3 rings (SSSR count). The lowest BCUT2D eigenvalue weighted by Gasteiger charge is -2.13. The zero-order chi connectivity index (χ0) is 13.9. The Balaban J connectivity index is 1.64. The van der Waals surface area contributed by atoms with E-state index in [0.717, 1.165) is 42.2 Å². The quantitative estimate of drug-likeness (QED) is 0.864. The molecule has 0 unspecified atom stereocenters. The number of amides is 1. The van der Waals surface area contributed by atoms with Crippen molar-refractivity contribution in [3.05, 3.63) is 40.2 Å². The van der Waals surface area contributed by atoms with Gasteiger partial charge in [0.1, 0.15) is 0 Å². The molecular formula is C16H18N2OS. The van der Waals surface area contributed by atoms with Crippen molar-refractivity contribution < 1.29 is 4.79 Å². The van der Waals surface area contributed by atoms with Crippen LogP contribution in [-0.2, 0) is 11.2 Å². The van der Waals surface area contributed by atoms with Gasteiger partial charge in [0.15, 0.2) is 0 Å². The summed E-state index contributed by atoms with van der Waals surface area (Å²) in [5, 5.41) is 3.21. The Morgan fingerprint density at radius 1 is 1.30 bits per heavy atom. The summed E-state index contributed by atoms with van der Waals surface area (Å²) in [6.45, 7) is 3.80. The van der Waals surface area contributed by atoms with Crippen LogP contribution in [0.1, 0.15) is 23.4 Å². The Hall–Kier alpha value is -1.68. The molecule has 0 bridgehead atoms. The number of aromatic nitrogens is 1. The van der Waals surface area contributed by atoms with E-state index in [4.69, 9.17) is 0 Å². The minimum absolute atomic E-state index is 0.292. The van der Waals surface area contributed by atoms with Crippen LogP contribution in [0, 0.1) is 6.92 Å². The standard InChI is InChI=1S/C16H18N2OS/c1-12-4-6-13(7-5-12)14-11-20-15(17-14)8-10-18-9-2-3-16(18)19/h4-7,11H,2-3,8-10H2,1H3. The van der Waals surface area contributed by atoms with Gasteiger partial charge in [-0.2, -0.15) is 0 Å². The maximum absolute atomic E-state index is 11.6. The van der Waals surface area contributed by atoms with Crippen molar-refractivity contribution in [2.45, 2.75) is 26.2 Å². The summed E-state index contributed by atoms with van der Waals surface area (Å²) in [7, 11) is 0. The zero-order valence-corrected chi connectivity index (χ0v) is 12.4. The predicted octanol–water partition coefficient (Wildman–Crippen LogP) is 3.28. The van der Waals surface area contributed by atoms with Gasteiger partial charge in [0, 0.05) is 36.9 Å². The lowest BCUT2D eigenvalue weighted by Crippen LogP contribution is -2.26. The molecule has 3 nitrogen and oxygen atoms in total. The molecule has 0 radical (unpaired) electrons. The van der Waals surface area contributed by atoms with Crippen LogP contribution in [0.15, 0.2) is 29.6 Å². The summed E-state index contributed by atoms with van der Waals surface area (Å²) < 4.78 is 0. The molecule has 0 atom stereocenters. The first-order valence-electron chi connectivity index (χ1n) is 7.01. The van der Waals surface area contributed by atoms with Crippen molar-refractivity contribution in [2.75, 3.05) is 13.1 Å². The molecule has 1 aliphatic heterocycles.